The molecule has 0 amide bonds. The fourth-order valence-electron chi connectivity index (χ4n) is 2.95. The number of hydrogen-bond acceptors (Lipinski definition) is 6. The average Bonchev–Trinajstić information content (AvgIpc) is 3.05. The summed E-state index contributed by atoms with van der Waals surface area (Å²) in [4.78, 5) is 6.70. The monoisotopic (exact) mass is 317 g/mol. The van der Waals surface area contributed by atoms with Crippen molar-refractivity contribution >= 4 is 0 Å². The van der Waals surface area contributed by atoms with E-state index in [-0.39, 0.29) is 12.6 Å². The average molecular weight is 317 g/mol. The molecule has 1 aliphatic rings. The maximum Gasteiger partial charge on any atom is 0.241 e. The van der Waals surface area contributed by atoms with Crippen LogP contribution in [0.3, 0.4) is 0 Å². The molecule has 0 spiro atoms. The molecule has 0 saturated carbocycles. The molecule has 1 saturated heterocycles. The van der Waals surface area contributed by atoms with Crippen molar-refractivity contribution in [3.8, 4) is 17.1 Å². The minimum atomic E-state index is 0.180. The van der Waals surface area contributed by atoms with E-state index in [2.05, 4.69) is 15.0 Å². The molecule has 1 aliphatic heterocycles. The zero-order valence-corrected chi connectivity index (χ0v) is 13.4. The number of piperidine rings is 1. The predicted molar refractivity (Wildman–Crippen MR) is 86.0 cm³/mol. The Hall–Kier alpha value is -1.92. The Morgan fingerprint density at radius 1 is 1.30 bits per heavy atom. The van der Waals surface area contributed by atoms with Crippen LogP contribution in [0.25, 0.3) is 11.4 Å². The Bertz CT molecular complexity index is 612. The number of hydrogen-bond donors (Lipinski definition) is 1. The molecule has 23 heavy (non-hydrogen) atoms. The van der Waals surface area contributed by atoms with E-state index in [9.17, 15) is 5.11 Å². The van der Waals surface area contributed by atoms with Crippen molar-refractivity contribution in [1.82, 2.24) is 15.0 Å². The van der Waals surface area contributed by atoms with Crippen LogP contribution >= 0.6 is 0 Å². The molecule has 6 heteroatoms. The third-order valence-electron chi connectivity index (χ3n) is 4.19. The fraction of sp³-hybridized carbons (Fsp3) is 0.529. The lowest BCUT2D eigenvalue weighted by molar-refractivity contribution is 0.0749. The van der Waals surface area contributed by atoms with Gasteiger partial charge in [0, 0.05) is 11.6 Å². The molecule has 3 rings (SSSR count). The summed E-state index contributed by atoms with van der Waals surface area (Å²) in [5.74, 6) is 2.01. The van der Waals surface area contributed by atoms with Gasteiger partial charge < -0.3 is 14.4 Å². The summed E-state index contributed by atoms with van der Waals surface area (Å²) in [7, 11) is 0. The van der Waals surface area contributed by atoms with Crippen LogP contribution in [-0.4, -0.2) is 45.9 Å². The van der Waals surface area contributed by atoms with Gasteiger partial charge in [-0.05, 0) is 50.6 Å². The van der Waals surface area contributed by atoms with E-state index < -0.39 is 0 Å². The molecule has 1 unspecified atom stereocenters. The lowest BCUT2D eigenvalue weighted by atomic mass is 10.0. The fourth-order valence-corrected chi connectivity index (χ4v) is 2.95. The first kappa shape index (κ1) is 16.0. The highest BCUT2D eigenvalue weighted by molar-refractivity contribution is 5.55. The first-order valence-electron chi connectivity index (χ1n) is 8.21. The molecule has 6 nitrogen and oxygen atoms in total. The maximum atomic E-state index is 9.47. The topological polar surface area (TPSA) is 71.6 Å². The van der Waals surface area contributed by atoms with E-state index in [4.69, 9.17) is 9.26 Å². The molecular weight excluding hydrogens is 294 g/mol. The Morgan fingerprint density at radius 2 is 2.13 bits per heavy atom. The molecule has 0 aliphatic carbocycles. The molecule has 1 atom stereocenters. The van der Waals surface area contributed by atoms with Gasteiger partial charge in [0.1, 0.15) is 5.75 Å². The molecule has 1 fully saturated rings. The normalized spacial score (nSPS) is 19.0. The minimum absolute atomic E-state index is 0.180. The zero-order chi connectivity index (χ0) is 16.1. The van der Waals surface area contributed by atoms with Crippen LogP contribution in [0.4, 0.5) is 0 Å². The Labute approximate surface area is 136 Å². The molecule has 1 aromatic carbocycles. The smallest absolute Gasteiger partial charge is 0.241 e. The van der Waals surface area contributed by atoms with Gasteiger partial charge in [-0.1, -0.05) is 11.6 Å². The number of likely N-dealkylation sites (tertiary alicyclic amines) is 1. The number of aromatic nitrogens is 2. The highest BCUT2D eigenvalue weighted by Gasteiger charge is 2.23. The molecule has 124 valence electrons. The first-order valence-corrected chi connectivity index (χ1v) is 8.21. The molecule has 0 radical (unpaired) electrons. The van der Waals surface area contributed by atoms with E-state index in [1.165, 1.54) is 6.42 Å². The predicted octanol–water partition coefficient (Wildman–Crippen LogP) is 2.48. The summed E-state index contributed by atoms with van der Waals surface area (Å²) in [5.41, 5.74) is 0.904. The van der Waals surface area contributed by atoms with Crippen molar-refractivity contribution in [2.75, 3.05) is 19.8 Å². The van der Waals surface area contributed by atoms with Gasteiger partial charge in [-0.3, -0.25) is 4.90 Å². The van der Waals surface area contributed by atoms with Crippen molar-refractivity contribution in [2.24, 2.45) is 0 Å². The van der Waals surface area contributed by atoms with E-state index in [0.29, 0.717) is 24.9 Å². The van der Waals surface area contributed by atoms with E-state index >= 15 is 0 Å². The van der Waals surface area contributed by atoms with Crippen LogP contribution < -0.4 is 4.74 Å². The van der Waals surface area contributed by atoms with Crippen molar-refractivity contribution in [2.45, 2.75) is 38.8 Å². The Kier molecular flexibility index (Phi) is 5.25. The van der Waals surface area contributed by atoms with E-state index in [1.54, 1.807) is 0 Å². The van der Waals surface area contributed by atoms with Gasteiger partial charge in [-0.2, -0.15) is 4.98 Å². The summed E-state index contributed by atoms with van der Waals surface area (Å²) in [6.07, 6.45) is 3.34. The van der Waals surface area contributed by atoms with Crippen molar-refractivity contribution in [3.05, 3.63) is 30.2 Å². The summed E-state index contributed by atoms with van der Waals surface area (Å²) < 4.78 is 10.8. The molecule has 2 aromatic rings. The second-order valence-corrected chi connectivity index (χ2v) is 5.77. The SMILES string of the molecule is CCOc1ccc(-c2noc(CN3CCCCC3CO)n2)cc1. The van der Waals surface area contributed by atoms with Crippen molar-refractivity contribution < 1.29 is 14.4 Å². The van der Waals surface area contributed by atoms with Crippen molar-refractivity contribution in [3.63, 3.8) is 0 Å². The maximum absolute atomic E-state index is 9.47. The van der Waals surface area contributed by atoms with Crippen molar-refractivity contribution in [1.29, 1.82) is 0 Å². The molecular formula is C17H23N3O3. The largest absolute Gasteiger partial charge is 0.494 e. The Balaban J connectivity index is 1.67. The summed E-state index contributed by atoms with van der Waals surface area (Å²) >= 11 is 0. The van der Waals surface area contributed by atoms with Gasteiger partial charge in [0.15, 0.2) is 0 Å². The lowest BCUT2D eigenvalue weighted by Gasteiger charge is -2.33. The van der Waals surface area contributed by atoms with Gasteiger partial charge in [-0.15, -0.1) is 0 Å². The van der Waals surface area contributed by atoms with Gasteiger partial charge in [0.25, 0.3) is 0 Å². The zero-order valence-electron chi connectivity index (χ0n) is 13.4. The molecule has 1 N–H and O–H groups in total. The van der Waals surface area contributed by atoms with Gasteiger partial charge in [0.2, 0.25) is 11.7 Å². The third kappa shape index (κ3) is 3.89. The van der Waals surface area contributed by atoms with Gasteiger partial charge in [0.05, 0.1) is 19.8 Å². The molecule has 0 bridgehead atoms. The minimum Gasteiger partial charge on any atom is -0.494 e. The molecule has 1 aromatic heterocycles. The van der Waals surface area contributed by atoms with Crippen LogP contribution in [0, 0.1) is 0 Å². The lowest BCUT2D eigenvalue weighted by Crippen LogP contribution is -2.41. The summed E-state index contributed by atoms with van der Waals surface area (Å²) in [6, 6.07) is 7.86. The number of nitrogens with zero attached hydrogens (tertiary/aromatic N) is 3. The Morgan fingerprint density at radius 3 is 2.87 bits per heavy atom. The number of rotatable bonds is 6. The number of aliphatic hydroxyl groups excluding tert-OH is 1. The number of benzene rings is 1. The number of ether oxygens (including phenoxy) is 1. The van der Waals surface area contributed by atoms with Crippen LogP contribution in [0.5, 0.6) is 5.75 Å². The highest BCUT2D eigenvalue weighted by atomic mass is 16.5. The van der Waals surface area contributed by atoms with Gasteiger partial charge >= 0.3 is 0 Å². The van der Waals surface area contributed by atoms with Crippen LogP contribution in [0.2, 0.25) is 0 Å². The second kappa shape index (κ2) is 7.57. The second-order valence-electron chi connectivity index (χ2n) is 5.77. The van der Waals surface area contributed by atoms with Crippen LogP contribution in [-0.2, 0) is 6.54 Å². The molecule has 2 heterocycles. The summed E-state index contributed by atoms with van der Waals surface area (Å²) in [6.45, 7) is 4.34. The van der Waals surface area contributed by atoms with Crippen LogP contribution in [0.15, 0.2) is 28.8 Å². The van der Waals surface area contributed by atoms with E-state index in [1.807, 2.05) is 31.2 Å². The first-order chi connectivity index (χ1) is 11.3. The van der Waals surface area contributed by atoms with E-state index in [0.717, 1.165) is 30.7 Å². The summed E-state index contributed by atoms with van der Waals surface area (Å²) in [5, 5.41) is 13.5. The van der Waals surface area contributed by atoms with Crippen LogP contribution in [0.1, 0.15) is 32.1 Å². The highest BCUT2D eigenvalue weighted by Crippen LogP contribution is 2.22. The standard InChI is InChI=1S/C17H23N3O3/c1-2-22-15-8-6-13(7-9-15)17-18-16(23-19-17)11-20-10-4-3-5-14(20)12-21/h6-9,14,21H,2-5,10-12H2,1H3. The van der Waals surface area contributed by atoms with Gasteiger partial charge in [-0.25, -0.2) is 0 Å². The third-order valence-corrected chi connectivity index (χ3v) is 4.19. The quantitative estimate of drug-likeness (QED) is 0.882. The number of aliphatic hydroxyl groups is 1.